The molecule has 3 aliphatic rings. The maximum atomic E-state index is 13.1. The summed E-state index contributed by atoms with van der Waals surface area (Å²) in [6, 6.07) is 5.77. The minimum Gasteiger partial charge on any atom is -0.375 e. The fraction of sp³-hybridized carbons (Fsp3) is 0.700. The Balaban J connectivity index is 1.34. The third-order valence-corrected chi connectivity index (χ3v) is 6.41. The van der Waals surface area contributed by atoms with Crippen LogP contribution in [-0.4, -0.2) is 66.4 Å². The number of nitrogens with zero attached hydrogens (tertiary/aromatic N) is 3. The van der Waals surface area contributed by atoms with Gasteiger partial charge in [-0.05, 0) is 25.6 Å². The number of pyridine rings is 1. The highest BCUT2D eigenvalue weighted by Gasteiger charge is 2.54. The molecule has 0 unspecified atom stereocenters. The van der Waals surface area contributed by atoms with E-state index >= 15 is 0 Å². The van der Waals surface area contributed by atoms with E-state index in [0.717, 1.165) is 25.2 Å². The molecule has 2 saturated heterocycles. The molecule has 1 aromatic rings. The molecule has 1 aromatic heterocycles. The molecule has 3 fully saturated rings. The largest absolute Gasteiger partial charge is 0.375 e. The van der Waals surface area contributed by atoms with Crippen LogP contribution in [0.5, 0.6) is 0 Å². The van der Waals surface area contributed by atoms with E-state index in [1.807, 2.05) is 23.1 Å². The molecule has 4 rings (SSSR count). The Hall–Kier alpha value is -1.60. The molecule has 0 N–H and O–H groups in total. The summed E-state index contributed by atoms with van der Waals surface area (Å²) in [5.74, 6) is -2.88. The second kappa shape index (κ2) is 7.09. The Bertz CT molecular complexity index is 679. The van der Waals surface area contributed by atoms with Gasteiger partial charge >= 0.3 is 0 Å². The van der Waals surface area contributed by atoms with Crippen molar-refractivity contribution in [2.75, 3.05) is 39.8 Å². The molecule has 1 spiro atoms. The fourth-order valence-electron chi connectivity index (χ4n) is 4.96. The number of amides is 1. The average molecular weight is 379 g/mol. The van der Waals surface area contributed by atoms with Gasteiger partial charge in [-0.3, -0.25) is 9.78 Å². The number of aromatic nitrogens is 1. The van der Waals surface area contributed by atoms with Crippen LogP contribution in [0.2, 0.25) is 0 Å². The molecular weight excluding hydrogens is 352 g/mol. The van der Waals surface area contributed by atoms with E-state index in [4.69, 9.17) is 4.74 Å². The van der Waals surface area contributed by atoms with Gasteiger partial charge in [-0.1, -0.05) is 6.07 Å². The first kappa shape index (κ1) is 18.7. The van der Waals surface area contributed by atoms with E-state index in [1.54, 1.807) is 6.20 Å². The molecule has 1 amide bonds. The van der Waals surface area contributed by atoms with Crippen molar-refractivity contribution in [3.05, 3.63) is 30.1 Å². The van der Waals surface area contributed by atoms with Crippen molar-refractivity contribution in [2.24, 2.45) is 17.3 Å². The standard InChI is InChI=1S/C20H27F2N3O2/c1-24-10-16(11-27-12-17-4-2-3-6-23-17)19(13-24)5-7-25(14-19)18(26)15-8-20(21,22)9-15/h2-4,6,15-16H,5,7-14H2,1H3/t16-,19+/m0/s1. The number of hydrogen-bond acceptors (Lipinski definition) is 4. The lowest BCUT2D eigenvalue weighted by atomic mass is 9.77. The highest BCUT2D eigenvalue weighted by molar-refractivity contribution is 5.80. The minimum atomic E-state index is -2.65. The summed E-state index contributed by atoms with van der Waals surface area (Å²) < 4.78 is 32.2. The number of likely N-dealkylation sites (tertiary alicyclic amines) is 2. The third-order valence-electron chi connectivity index (χ3n) is 6.41. The molecule has 1 saturated carbocycles. The molecule has 2 aliphatic heterocycles. The topological polar surface area (TPSA) is 45.7 Å². The van der Waals surface area contributed by atoms with Gasteiger partial charge in [0.05, 0.1) is 18.9 Å². The molecule has 0 aromatic carbocycles. The van der Waals surface area contributed by atoms with Crippen molar-refractivity contribution in [3.8, 4) is 0 Å². The van der Waals surface area contributed by atoms with Gasteiger partial charge in [0.2, 0.25) is 11.8 Å². The first-order valence-electron chi connectivity index (χ1n) is 9.70. The maximum Gasteiger partial charge on any atom is 0.249 e. The third kappa shape index (κ3) is 3.85. The van der Waals surface area contributed by atoms with E-state index < -0.39 is 11.8 Å². The van der Waals surface area contributed by atoms with Crippen molar-refractivity contribution in [1.29, 1.82) is 0 Å². The van der Waals surface area contributed by atoms with Crippen LogP contribution in [0, 0.1) is 17.3 Å². The molecule has 3 heterocycles. The van der Waals surface area contributed by atoms with Gasteiger partial charge in [0.25, 0.3) is 0 Å². The minimum absolute atomic E-state index is 0.0147. The summed E-state index contributed by atoms with van der Waals surface area (Å²) in [5, 5.41) is 0. The van der Waals surface area contributed by atoms with Crippen LogP contribution in [0.4, 0.5) is 8.78 Å². The Morgan fingerprint density at radius 1 is 1.33 bits per heavy atom. The number of halogens is 2. The van der Waals surface area contributed by atoms with Crippen LogP contribution < -0.4 is 0 Å². The molecule has 1 aliphatic carbocycles. The number of ether oxygens (including phenoxy) is 1. The first-order valence-corrected chi connectivity index (χ1v) is 9.70. The Morgan fingerprint density at radius 3 is 2.85 bits per heavy atom. The second-order valence-corrected chi connectivity index (χ2v) is 8.56. The lowest BCUT2D eigenvalue weighted by molar-refractivity contribution is -0.159. The highest BCUT2D eigenvalue weighted by Crippen LogP contribution is 2.47. The molecule has 27 heavy (non-hydrogen) atoms. The van der Waals surface area contributed by atoms with Crippen molar-refractivity contribution in [1.82, 2.24) is 14.8 Å². The maximum absolute atomic E-state index is 13.1. The molecule has 0 radical (unpaired) electrons. The fourth-order valence-corrected chi connectivity index (χ4v) is 4.96. The molecule has 5 nitrogen and oxygen atoms in total. The lowest BCUT2D eigenvalue weighted by Crippen LogP contribution is -2.47. The predicted molar refractivity (Wildman–Crippen MR) is 96.2 cm³/mol. The Labute approximate surface area is 158 Å². The van der Waals surface area contributed by atoms with Crippen LogP contribution in [0.3, 0.4) is 0 Å². The van der Waals surface area contributed by atoms with Crippen molar-refractivity contribution in [3.63, 3.8) is 0 Å². The van der Waals surface area contributed by atoms with Gasteiger partial charge in [0.1, 0.15) is 0 Å². The van der Waals surface area contributed by atoms with Gasteiger partial charge in [0.15, 0.2) is 0 Å². The monoisotopic (exact) mass is 379 g/mol. The summed E-state index contributed by atoms with van der Waals surface area (Å²) in [7, 11) is 2.09. The van der Waals surface area contributed by atoms with Crippen LogP contribution >= 0.6 is 0 Å². The van der Waals surface area contributed by atoms with Crippen molar-refractivity contribution in [2.45, 2.75) is 31.8 Å². The van der Waals surface area contributed by atoms with Crippen LogP contribution in [-0.2, 0) is 16.1 Å². The van der Waals surface area contributed by atoms with Crippen molar-refractivity contribution >= 4 is 5.91 Å². The predicted octanol–water partition coefficient (Wildman–Crippen LogP) is 2.42. The van der Waals surface area contributed by atoms with E-state index in [1.165, 1.54) is 0 Å². The lowest BCUT2D eigenvalue weighted by Gasteiger charge is -2.37. The zero-order chi connectivity index (χ0) is 19.1. The van der Waals surface area contributed by atoms with E-state index in [0.29, 0.717) is 32.2 Å². The van der Waals surface area contributed by atoms with Gasteiger partial charge in [-0.25, -0.2) is 8.78 Å². The Morgan fingerprint density at radius 2 is 2.15 bits per heavy atom. The van der Waals surface area contributed by atoms with E-state index in [-0.39, 0.29) is 24.2 Å². The van der Waals surface area contributed by atoms with Crippen LogP contribution in [0.25, 0.3) is 0 Å². The SMILES string of the molecule is CN1C[C@@H](COCc2ccccn2)[C@]2(CCN(C(=O)C3CC(F)(F)C3)C2)C1. The number of rotatable bonds is 5. The zero-order valence-electron chi connectivity index (χ0n) is 15.7. The molecule has 148 valence electrons. The summed E-state index contributed by atoms with van der Waals surface area (Å²) in [6.45, 7) is 4.31. The quantitative estimate of drug-likeness (QED) is 0.788. The first-order chi connectivity index (χ1) is 12.9. The van der Waals surface area contributed by atoms with E-state index in [2.05, 4.69) is 16.9 Å². The normalized spacial score (nSPS) is 30.8. The smallest absolute Gasteiger partial charge is 0.249 e. The summed E-state index contributed by atoms with van der Waals surface area (Å²) >= 11 is 0. The zero-order valence-corrected chi connectivity index (χ0v) is 15.7. The summed E-state index contributed by atoms with van der Waals surface area (Å²) in [5.41, 5.74) is 0.924. The summed E-state index contributed by atoms with van der Waals surface area (Å²) in [4.78, 5) is 21.0. The number of carbonyl (C=O) groups is 1. The number of alkyl halides is 2. The Kier molecular flexibility index (Phi) is 4.93. The van der Waals surface area contributed by atoms with Gasteiger partial charge in [-0.2, -0.15) is 0 Å². The van der Waals surface area contributed by atoms with E-state index in [9.17, 15) is 13.6 Å². The highest BCUT2D eigenvalue weighted by atomic mass is 19.3. The number of hydrogen-bond donors (Lipinski definition) is 0. The van der Waals surface area contributed by atoms with Gasteiger partial charge < -0.3 is 14.5 Å². The molecular formula is C20H27F2N3O2. The van der Waals surface area contributed by atoms with Gasteiger partial charge in [0, 0.05) is 62.5 Å². The summed E-state index contributed by atoms with van der Waals surface area (Å²) in [6.07, 6.45) is 2.11. The molecule has 7 heteroatoms. The number of carbonyl (C=O) groups excluding carboxylic acids is 1. The van der Waals surface area contributed by atoms with Crippen LogP contribution in [0.15, 0.2) is 24.4 Å². The average Bonchev–Trinajstić information content (AvgIpc) is 3.17. The van der Waals surface area contributed by atoms with Gasteiger partial charge in [-0.15, -0.1) is 0 Å². The molecule has 2 atom stereocenters. The van der Waals surface area contributed by atoms with Crippen LogP contribution in [0.1, 0.15) is 25.0 Å². The van der Waals surface area contributed by atoms with Crippen molar-refractivity contribution < 1.29 is 18.3 Å². The second-order valence-electron chi connectivity index (χ2n) is 8.56. The molecule has 0 bridgehead atoms.